The molecular weight excluding hydrogens is 214 g/mol. The van der Waals surface area contributed by atoms with Crippen LogP contribution in [0, 0.1) is 0 Å². The highest BCUT2D eigenvalue weighted by molar-refractivity contribution is 5.94. The Labute approximate surface area is 94.0 Å². The van der Waals surface area contributed by atoms with Gasteiger partial charge in [0.15, 0.2) is 0 Å². The van der Waals surface area contributed by atoms with E-state index in [0.717, 1.165) is 0 Å². The van der Waals surface area contributed by atoms with Crippen LogP contribution in [0.3, 0.4) is 0 Å². The predicted octanol–water partition coefficient (Wildman–Crippen LogP) is 0.945. The van der Waals surface area contributed by atoms with Gasteiger partial charge in [-0.25, -0.2) is 4.79 Å². The maximum Gasteiger partial charge on any atom is 0.407 e. The van der Waals surface area contributed by atoms with E-state index in [1.807, 2.05) is 0 Å². The molecule has 0 saturated carbocycles. The van der Waals surface area contributed by atoms with Gasteiger partial charge in [-0.2, -0.15) is 0 Å². The van der Waals surface area contributed by atoms with Crippen molar-refractivity contribution in [3.05, 3.63) is 0 Å². The summed E-state index contributed by atoms with van der Waals surface area (Å²) in [6, 6.07) is 0. The normalized spacial score (nSPS) is 10.7. The van der Waals surface area contributed by atoms with Gasteiger partial charge in [0.25, 0.3) is 0 Å². The molecule has 6 nitrogen and oxygen atoms in total. The number of hydrogen-bond acceptors (Lipinski definition) is 4. The van der Waals surface area contributed by atoms with Crippen LogP contribution in [0.25, 0.3) is 0 Å². The quantitative estimate of drug-likeness (QED) is 0.687. The molecule has 2 N–H and O–H groups in total. The van der Waals surface area contributed by atoms with Crippen LogP contribution in [-0.2, 0) is 14.3 Å². The minimum absolute atomic E-state index is 0.00839. The highest BCUT2D eigenvalue weighted by Crippen LogP contribution is 2.06. The molecule has 92 valence electrons. The second-order valence-electron chi connectivity index (χ2n) is 4.29. The lowest BCUT2D eigenvalue weighted by Crippen LogP contribution is -2.33. The molecule has 0 aliphatic heterocycles. The van der Waals surface area contributed by atoms with Crippen LogP contribution in [0.1, 0.15) is 33.6 Å². The van der Waals surface area contributed by atoms with Crippen molar-refractivity contribution in [2.24, 2.45) is 0 Å². The van der Waals surface area contributed by atoms with Gasteiger partial charge in [0, 0.05) is 13.0 Å². The summed E-state index contributed by atoms with van der Waals surface area (Å²) >= 11 is 0. The molecule has 0 aliphatic carbocycles. The average Bonchev–Trinajstić information content (AvgIpc) is 1.98. The molecule has 0 aliphatic rings. The maximum atomic E-state index is 11.1. The SMILES string of the molecule is CC(C)(C)OC(=O)NCCC(=O)CC(=O)O. The van der Waals surface area contributed by atoms with E-state index in [1.54, 1.807) is 20.8 Å². The largest absolute Gasteiger partial charge is 0.481 e. The molecule has 0 saturated heterocycles. The number of rotatable bonds is 5. The Morgan fingerprint density at radius 3 is 2.25 bits per heavy atom. The van der Waals surface area contributed by atoms with E-state index in [4.69, 9.17) is 9.84 Å². The lowest BCUT2D eigenvalue weighted by molar-refractivity contribution is -0.140. The molecular formula is C10H17NO5. The standard InChI is InChI=1S/C10H17NO5/c1-10(2,3)16-9(15)11-5-4-7(12)6-8(13)14/h4-6H2,1-3H3,(H,11,15)(H,13,14). The number of hydrogen-bond donors (Lipinski definition) is 2. The first-order valence-corrected chi connectivity index (χ1v) is 4.91. The van der Waals surface area contributed by atoms with Crippen LogP contribution in [0.4, 0.5) is 4.79 Å². The molecule has 0 bridgehead atoms. The van der Waals surface area contributed by atoms with Gasteiger partial charge < -0.3 is 15.2 Å². The minimum atomic E-state index is -1.16. The van der Waals surface area contributed by atoms with Gasteiger partial charge in [0.2, 0.25) is 0 Å². The number of ether oxygens (including phenoxy) is 1. The number of Topliss-reactive ketones (excluding diaryl/α,β-unsaturated/α-hetero) is 1. The average molecular weight is 231 g/mol. The molecule has 0 atom stereocenters. The zero-order valence-electron chi connectivity index (χ0n) is 9.70. The van der Waals surface area contributed by atoms with Crippen LogP contribution < -0.4 is 5.32 Å². The number of amides is 1. The third-order valence-corrected chi connectivity index (χ3v) is 1.42. The van der Waals surface area contributed by atoms with Crippen molar-refractivity contribution in [2.75, 3.05) is 6.54 Å². The zero-order chi connectivity index (χ0) is 12.8. The molecule has 0 spiro atoms. The molecule has 0 aromatic carbocycles. The molecule has 1 amide bonds. The van der Waals surface area contributed by atoms with Gasteiger partial charge in [0.1, 0.15) is 17.8 Å². The van der Waals surface area contributed by atoms with E-state index in [-0.39, 0.29) is 13.0 Å². The highest BCUT2D eigenvalue weighted by atomic mass is 16.6. The Kier molecular flexibility index (Phi) is 5.49. The third-order valence-electron chi connectivity index (χ3n) is 1.42. The van der Waals surface area contributed by atoms with Crippen molar-refractivity contribution in [3.63, 3.8) is 0 Å². The Bertz CT molecular complexity index is 279. The number of carbonyl (C=O) groups excluding carboxylic acids is 2. The van der Waals surface area contributed by atoms with E-state index in [9.17, 15) is 14.4 Å². The van der Waals surface area contributed by atoms with Gasteiger partial charge in [-0.3, -0.25) is 9.59 Å². The first-order valence-electron chi connectivity index (χ1n) is 4.91. The van der Waals surface area contributed by atoms with Crippen molar-refractivity contribution < 1.29 is 24.2 Å². The Morgan fingerprint density at radius 1 is 1.25 bits per heavy atom. The third kappa shape index (κ3) is 8.98. The van der Waals surface area contributed by atoms with E-state index >= 15 is 0 Å². The summed E-state index contributed by atoms with van der Waals surface area (Å²) in [4.78, 5) is 32.2. The van der Waals surface area contributed by atoms with Crippen molar-refractivity contribution in [2.45, 2.75) is 39.2 Å². The molecule has 0 radical (unpaired) electrons. The molecule has 0 unspecified atom stereocenters. The van der Waals surface area contributed by atoms with Gasteiger partial charge in [-0.15, -0.1) is 0 Å². The van der Waals surface area contributed by atoms with Gasteiger partial charge >= 0.3 is 12.1 Å². The summed E-state index contributed by atoms with van der Waals surface area (Å²) in [6.07, 6.45) is -1.14. The Morgan fingerprint density at radius 2 is 1.81 bits per heavy atom. The van der Waals surface area contributed by atoms with E-state index in [2.05, 4.69) is 5.32 Å². The number of aliphatic carboxylic acids is 1. The number of carboxylic acids is 1. The fraction of sp³-hybridized carbons (Fsp3) is 0.700. The molecule has 0 aromatic rings. The number of ketones is 1. The molecule has 6 heteroatoms. The second-order valence-corrected chi connectivity index (χ2v) is 4.29. The summed E-state index contributed by atoms with van der Waals surface area (Å²) < 4.78 is 4.92. The second kappa shape index (κ2) is 6.09. The van der Waals surface area contributed by atoms with E-state index in [1.165, 1.54) is 0 Å². The van der Waals surface area contributed by atoms with Crippen LogP contribution in [-0.4, -0.2) is 35.1 Å². The summed E-state index contributed by atoms with van der Waals surface area (Å²) in [7, 11) is 0. The van der Waals surface area contributed by atoms with Crippen LogP contribution in [0.15, 0.2) is 0 Å². The lowest BCUT2D eigenvalue weighted by atomic mass is 10.2. The number of carboxylic acid groups (broad SMARTS) is 1. The molecule has 16 heavy (non-hydrogen) atoms. The van der Waals surface area contributed by atoms with Crippen molar-refractivity contribution in [3.8, 4) is 0 Å². The van der Waals surface area contributed by atoms with Crippen LogP contribution in [0.2, 0.25) is 0 Å². The van der Waals surface area contributed by atoms with Gasteiger partial charge in [-0.1, -0.05) is 0 Å². The fourth-order valence-electron chi connectivity index (χ4n) is 0.875. The van der Waals surface area contributed by atoms with Crippen LogP contribution in [0.5, 0.6) is 0 Å². The Balaban J connectivity index is 3.70. The van der Waals surface area contributed by atoms with Crippen molar-refractivity contribution in [1.82, 2.24) is 5.32 Å². The molecule has 0 fully saturated rings. The van der Waals surface area contributed by atoms with Gasteiger partial charge in [-0.05, 0) is 20.8 Å². The number of carbonyl (C=O) groups is 3. The van der Waals surface area contributed by atoms with E-state index < -0.39 is 29.9 Å². The van der Waals surface area contributed by atoms with E-state index in [0.29, 0.717) is 0 Å². The monoisotopic (exact) mass is 231 g/mol. The van der Waals surface area contributed by atoms with Crippen molar-refractivity contribution >= 4 is 17.8 Å². The summed E-state index contributed by atoms with van der Waals surface area (Å²) in [5.74, 6) is -1.59. The van der Waals surface area contributed by atoms with Crippen molar-refractivity contribution in [1.29, 1.82) is 0 Å². The molecule has 0 aromatic heterocycles. The molecule has 0 rings (SSSR count). The number of alkyl carbamates (subject to hydrolysis) is 1. The first-order chi connectivity index (χ1) is 7.20. The smallest absolute Gasteiger partial charge is 0.407 e. The number of nitrogens with one attached hydrogen (secondary N) is 1. The Hall–Kier alpha value is -1.59. The van der Waals surface area contributed by atoms with Gasteiger partial charge in [0.05, 0.1) is 0 Å². The summed E-state index contributed by atoms with van der Waals surface area (Å²) in [6.45, 7) is 5.26. The summed E-state index contributed by atoms with van der Waals surface area (Å²) in [5, 5.41) is 10.7. The molecule has 0 heterocycles. The van der Waals surface area contributed by atoms with Crippen LogP contribution >= 0.6 is 0 Å². The highest BCUT2D eigenvalue weighted by Gasteiger charge is 2.16. The lowest BCUT2D eigenvalue weighted by Gasteiger charge is -2.19. The minimum Gasteiger partial charge on any atom is -0.481 e. The fourth-order valence-corrected chi connectivity index (χ4v) is 0.875. The maximum absolute atomic E-state index is 11.1. The summed E-state index contributed by atoms with van der Waals surface area (Å²) in [5.41, 5.74) is -0.588. The zero-order valence-corrected chi connectivity index (χ0v) is 9.70. The predicted molar refractivity (Wildman–Crippen MR) is 56.1 cm³/mol. The first kappa shape index (κ1) is 14.4. The topological polar surface area (TPSA) is 92.7 Å².